The zero-order valence-corrected chi connectivity index (χ0v) is 14.6. The minimum atomic E-state index is -0.280. The van der Waals surface area contributed by atoms with Crippen molar-refractivity contribution in [1.82, 2.24) is 14.8 Å². The number of aromatic nitrogens is 3. The third kappa shape index (κ3) is 2.30. The van der Waals surface area contributed by atoms with Gasteiger partial charge in [-0.1, -0.05) is 13.0 Å². The lowest BCUT2D eigenvalue weighted by Crippen LogP contribution is -2.31. The second kappa shape index (κ2) is 5.86. The van der Waals surface area contributed by atoms with Gasteiger partial charge in [0.15, 0.2) is 23.1 Å². The van der Waals surface area contributed by atoms with Crippen molar-refractivity contribution in [1.29, 1.82) is 0 Å². The van der Waals surface area contributed by atoms with E-state index in [2.05, 4.69) is 15.4 Å². The lowest BCUT2D eigenvalue weighted by molar-refractivity contribution is -0.116. The molecule has 134 valence electrons. The highest BCUT2D eigenvalue weighted by Gasteiger charge is 2.37. The number of nitrogens with zero attached hydrogens (tertiary/aromatic N) is 3. The lowest BCUT2D eigenvalue weighted by atomic mass is 9.85. The molecule has 1 N–H and O–H groups in total. The maximum atomic E-state index is 12.8. The van der Waals surface area contributed by atoms with Gasteiger partial charge in [0.2, 0.25) is 5.95 Å². The zero-order chi connectivity index (χ0) is 17.7. The molecular formula is C19H20N4O3. The van der Waals surface area contributed by atoms with Crippen LogP contribution in [0.2, 0.25) is 0 Å². The Morgan fingerprint density at radius 2 is 2.08 bits per heavy atom. The number of rotatable bonds is 2. The fraction of sp³-hybridized carbons (Fsp3) is 0.421. The van der Waals surface area contributed by atoms with Crippen molar-refractivity contribution in [3.8, 4) is 11.5 Å². The van der Waals surface area contributed by atoms with Gasteiger partial charge in [0.1, 0.15) is 19.3 Å². The van der Waals surface area contributed by atoms with Gasteiger partial charge in [-0.05, 0) is 30.5 Å². The average Bonchev–Trinajstić information content (AvgIpc) is 3.09. The maximum Gasteiger partial charge on any atom is 0.226 e. The van der Waals surface area contributed by atoms with Crippen molar-refractivity contribution >= 4 is 11.7 Å². The van der Waals surface area contributed by atoms with Crippen LogP contribution in [0, 0.1) is 0 Å². The number of allylic oxidation sites excluding steroid dienone is 2. The van der Waals surface area contributed by atoms with Crippen molar-refractivity contribution in [2.45, 2.75) is 38.6 Å². The molecule has 1 aromatic carbocycles. The van der Waals surface area contributed by atoms with E-state index < -0.39 is 0 Å². The molecule has 0 fully saturated rings. The first-order chi connectivity index (χ1) is 12.7. The number of carbonyl (C=O) groups excluding carboxylic acids is 1. The van der Waals surface area contributed by atoms with Crippen LogP contribution in [0.3, 0.4) is 0 Å². The first-order valence-corrected chi connectivity index (χ1v) is 9.13. The number of Topliss-reactive ketones (excluding diaryl/α,β-unsaturated/α-hetero) is 1. The first-order valence-electron chi connectivity index (χ1n) is 9.13. The molecule has 1 aliphatic carbocycles. The summed E-state index contributed by atoms with van der Waals surface area (Å²) in [6.07, 6.45) is 3.05. The van der Waals surface area contributed by atoms with Crippen LogP contribution in [0.15, 0.2) is 29.5 Å². The number of fused-ring (bicyclic) bond motifs is 2. The number of benzene rings is 1. The van der Waals surface area contributed by atoms with Crippen LogP contribution < -0.4 is 14.8 Å². The number of anilines is 1. The molecule has 0 spiro atoms. The highest BCUT2D eigenvalue weighted by Crippen LogP contribution is 2.42. The van der Waals surface area contributed by atoms with Crippen LogP contribution in [-0.4, -0.2) is 33.8 Å². The van der Waals surface area contributed by atoms with Crippen LogP contribution >= 0.6 is 0 Å². The molecule has 3 aliphatic rings. The number of hydrogen-bond acceptors (Lipinski definition) is 6. The molecule has 0 saturated carbocycles. The summed E-state index contributed by atoms with van der Waals surface area (Å²) in [4.78, 5) is 17.4. The molecule has 1 atom stereocenters. The molecule has 7 heteroatoms. The van der Waals surface area contributed by atoms with Gasteiger partial charge in [-0.25, -0.2) is 4.68 Å². The van der Waals surface area contributed by atoms with Crippen molar-refractivity contribution < 1.29 is 14.3 Å². The van der Waals surface area contributed by atoms with Crippen molar-refractivity contribution in [2.24, 2.45) is 0 Å². The van der Waals surface area contributed by atoms with Gasteiger partial charge in [0.25, 0.3) is 0 Å². The normalized spacial score (nSPS) is 21.1. The SMILES string of the molecule is CCc1nc2n(n1)C(c1ccc3c(c1)OCCO3)C1=C(CCCC1=O)N2. The Kier molecular flexibility index (Phi) is 3.48. The molecular weight excluding hydrogens is 332 g/mol. The second-order valence-corrected chi connectivity index (χ2v) is 6.75. The summed E-state index contributed by atoms with van der Waals surface area (Å²) in [6.45, 7) is 3.11. The third-order valence-electron chi connectivity index (χ3n) is 5.11. The maximum absolute atomic E-state index is 12.8. The quantitative estimate of drug-likeness (QED) is 0.895. The van der Waals surface area contributed by atoms with E-state index in [0.29, 0.717) is 25.6 Å². The Balaban J connectivity index is 1.68. The van der Waals surface area contributed by atoms with E-state index in [-0.39, 0.29) is 11.8 Å². The molecule has 1 aromatic heterocycles. The summed E-state index contributed by atoms with van der Waals surface area (Å²) in [5.41, 5.74) is 2.74. The predicted molar refractivity (Wildman–Crippen MR) is 94.5 cm³/mol. The molecule has 2 aromatic rings. The van der Waals surface area contributed by atoms with Gasteiger partial charge in [-0.15, -0.1) is 0 Å². The summed E-state index contributed by atoms with van der Waals surface area (Å²) in [5, 5.41) is 7.99. The van der Waals surface area contributed by atoms with E-state index in [9.17, 15) is 4.79 Å². The van der Waals surface area contributed by atoms with Crippen LogP contribution in [0.5, 0.6) is 11.5 Å². The number of ether oxygens (including phenoxy) is 2. The Bertz CT molecular complexity index is 931. The standard InChI is InChI=1S/C19H20N4O3/c1-2-16-21-19-20-12-4-3-5-13(24)17(12)18(23(19)22-16)11-6-7-14-15(10-11)26-9-8-25-14/h6-7,10,18H,2-5,8-9H2,1H3,(H,20,21,22). The fourth-order valence-corrected chi connectivity index (χ4v) is 3.89. The van der Waals surface area contributed by atoms with Crippen LogP contribution in [0.25, 0.3) is 0 Å². The number of nitrogens with one attached hydrogen (secondary N) is 1. The van der Waals surface area contributed by atoms with Gasteiger partial charge in [0.05, 0.1) is 0 Å². The molecule has 2 aliphatic heterocycles. The number of carbonyl (C=O) groups is 1. The van der Waals surface area contributed by atoms with Gasteiger partial charge in [0, 0.05) is 24.1 Å². The molecule has 26 heavy (non-hydrogen) atoms. The highest BCUT2D eigenvalue weighted by molar-refractivity contribution is 5.99. The Labute approximate surface area is 151 Å². The molecule has 0 radical (unpaired) electrons. The number of ketones is 1. The van der Waals surface area contributed by atoms with Crippen LogP contribution in [-0.2, 0) is 11.2 Å². The van der Waals surface area contributed by atoms with Crippen LogP contribution in [0.4, 0.5) is 5.95 Å². The van der Waals surface area contributed by atoms with Gasteiger partial charge >= 0.3 is 0 Å². The topological polar surface area (TPSA) is 78.3 Å². The molecule has 3 heterocycles. The van der Waals surface area contributed by atoms with E-state index >= 15 is 0 Å². The molecule has 5 rings (SSSR count). The summed E-state index contributed by atoms with van der Waals surface area (Å²) in [5.74, 6) is 3.11. The molecule has 7 nitrogen and oxygen atoms in total. The second-order valence-electron chi connectivity index (χ2n) is 6.75. The van der Waals surface area contributed by atoms with E-state index in [1.165, 1.54) is 0 Å². The largest absolute Gasteiger partial charge is 0.486 e. The number of aryl methyl sites for hydroxylation is 1. The first kappa shape index (κ1) is 15.4. The van der Waals surface area contributed by atoms with E-state index in [0.717, 1.165) is 53.4 Å². The van der Waals surface area contributed by atoms with Gasteiger partial charge in [-0.2, -0.15) is 10.1 Å². The monoisotopic (exact) mass is 352 g/mol. The highest BCUT2D eigenvalue weighted by atomic mass is 16.6. The van der Waals surface area contributed by atoms with Crippen molar-refractivity contribution in [3.05, 3.63) is 40.9 Å². The Morgan fingerprint density at radius 1 is 1.23 bits per heavy atom. The lowest BCUT2D eigenvalue weighted by Gasteiger charge is -2.32. The summed E-state index contributed by atoms with van der Waals surface area (Å²) in [6, 6.07) is 5.59. The van der Waals surface area contributed by atoms with E-state index in [1.807, 2.05) is 29.8 Å². The smallest absolute Gasteiger partial charge is 0.226 e. The summed E-state index contributed by atoms with van der Waals surface area (Å²) >= 11 is 0. The Morgan fingerprint density at radius 3 is 2.92 bits per heavy atom. The third-order valence-corrected chi connectivity index (χ3v) is 5.11. The van der Waals surface area contributed by atoms with Crippen molar-refractivity contribution in [3.63, 3.8) is 0 Å². The fourth-order valence-electron chi connectivity index (χ4n) is 3.89. The molecule has 0 saturated heterocycles. The molecule has 0 bridgehead atoms. The molecule has 0 amide bonds. The van der Waals surface area contributed by atoms with Gasteiger partial charge in [-0.3, -0.25) is 4.79 Å². The van der Waals surface area contributed by atoms with Crippen molar-refractivity contribution in [2.75, 3.05) is 18.5 Å². The minimum Gasteiger partial charge on any atom is -0.486 e. The number of hydrogen-bond donors (Lipinski definition) is 1. The van der Waals surface area contributed by atoms with E-state index in [1.54, 1.807) is 0 Å². The van der Waals surface area contributed by atoms with Crippen LogP contribution in [0.1, 0.15) is 43.6 Å². The van der Waals surface area contributed by atoms with E-state index in [4.69, 9.17) is 9.47 Å². The summed E-state index contributed by atoms with van der Waals surface area (Å²) in [7, 11) is 0. The Hall–Kier alpha value is -2.83. The predicted octanol–water partition coefficient (Wildman–Crippen LogP) is 2.63. The zero-order valence-electron chi connectivity index (χ0n) is 14.6. The average molecular weight is 352 g/mol. The minimum absolute atomic E-state index is 0.179. The van der Waals surface area contributed by atoms with Gasteiger partial charge < -0.3 is 14.8 Å². The summed E-state index contributed by atoms with van der Waals surface area (Å²) < 4.78 is 13.2. The molecule has 1 unspecified atom stereocenters.